The van der Waals surface area contributed by atoms with Gasteiger partial charge in [-0.1, -0.05) is 12.1 Å². The molecule has 6 aromatic rings. The first-order chi connectivity index (χ1) is 15.7. The first-order valence-corrected chi connectivity index (χ1v) is 10.3. The van der Waals surface area contributed by atoms with E-state index < -0.39 is 5.24 Å². The Balaban J connectivity index is 1.39. The molecule has 2 aromatic carbocycles. The predicted molar refractivity (Wildman–Crippen MR) is 120 cm³/mol. The van der Waals surface area contributed by atoms with Crippen molar-refractivity contribution >= 4 is 44.8 Å². The summed E-state index contributed by atoms with van der Waals surface area (Å²) in [6.07, 6.45) is 5.44. The summed E-state index contributed by atoms with van der Waals surface area (Å²) in [6.45, 7) is -0.0334. The molecule has 0 amide bonds. The summed E-state index contributed by atoms with van der Waals surface area (Å²) < 4.78 is 11.7. The van der Waals surface area contributed by atoms with Crippen LogP contribution in [-0.2, 0) is 11.3 Å². The zero-order valence-corrected chi connectivity index (χ0v) is 17.3. The van der Waals surface area contributed by atoms with Crippen molar-refractivity contribution in [3.8, 4) is 17.4 Å². The average Bonchev–Trinajstić information content (AvgIpc) is 3.48. The molecule has 8 nitrogen and oxygen atoms in total. The second-order valence-electron chi connectivity index (χ2n) is 7.20. The molecule has 156 valence electrons. The molecule has 0 unspecified atom stereocenters. The van der Waals surface area contributed by atoms with Crippen LogP contribution in [0.4, 0.5) is 0 Å². The number of para-hydroxylation sites is 2. The maximum absolute atomic E-state index is 11.6. The van der Waals surface area contributed by atoms with Gasteiger partial charge in [-0.25, -0.2) is 9.97 Å². The minimum atomic E-state index is -0.496. The molecule has 0 bridgehead atoms. The minimum Gasteiger partial charge on any atom is -0.425 e. The minimum absolute atomic E-state index is 0.0334. The van der Waals surface area contributed by atoms with Gasteiger partial charge in [-0.3, -0.25) is 18.3 Å². The summed E-state index contributed by atoms with van der Waals surface area (Å²) in [7, 11) is 0. The number of imidazole rings is 3. The molecule has 0 saturated carbocycles. The van der Waals surface area contributed by atoms with Gasteiger partial charge in [0.2, 0.25) is 11.0 Å². The Labute approximate surface area is 186 Å². The van der Waals surface area contributed by atoms with Crippen LogP contribution in [0, 0.1) is 0 Å². The largest absolute Gasteiger partial charge is 0.425 e. The van der Waals surface area contributed by atoms with E-state index in [0.717, 1.165) is 33.7 Å². The number of aromatic nitrogens is 6. The zero-order chi connectivity index (χ0) is 21.7. The van der Waals surface area contributed by atoms with E-state index in [1.165, 1.54) is 0 Å². The summed E-state index contributed by atoms with van der Waals surface area (Å²) in [4.78, 5) is 25.1. The van der Waals surface area contributed by atoms with Gasteiger partial charge < -0.3 is 4.74 Å². The highest BCUT2D eigenvalue weighted by Gasteiger charge is 2.16. The third kappa shape index (κ3) is 2.92. The lowest BCUT2D eigenvalue weighted by atomic mass is 10.3. The van der Waals surface area contributed by atoms with Crippen LogP contribution in [0.25, 0.3) is 33.7 Å². The van der Waals surface area contributed by atoms with Crippen LogP contribution in [0.5, 0.6) is 11.8 Å². The topological polar surface area (TPSA) is 79.2 Å². The molecule has 32 heavy (non-hydrogen) atoms. The molecule has 0 atom stereocenters. The van der Waals surface area contributed by atoms with E-state index in [1.54, 1.807) is 17.0 Å². The number of fused-ring (bicyclic) bond motifs is 4. The second kappa shape index (κ2) is 7.21. The van der Waals surface area contributed by atoms with Crippen LogP contribution < -0.4 is 4.74 Å². The Bertz CT molecular complexity index is 1610. The molecule has 4 aromatic heterocycles. The Morgan fingerprint density at radius 2 is 1.75 bits per heavy atom. The molecule has 0 radical (unpaired) electrons. The summed E-state index contributed by atoms with van der Waals surface area (Å²) >= 11 is 5.65. The van der Waals surface area contributed by atoms with Gasteiger partial charge >= 0.3 is 6.01 Å². The number of hydrogen-bond acceptors (Lipinski definition) is 5. The standard InChI is InChI=1S/C23H15ClN6O2/c24-20(31)14-29-18-5-2-1-4-17(18)27-23(29)32-16-9-7-15(8-10-16)30-21-19(6-3-11-25-21)28-13-12-26-22(28)30/h1-13H,14H2. The zero-order valence-electron chi connectivity index (χ0n) is 16.6. The highest BCUT2D eigenvalue weighted by Crippen LogP contribution is 2.28. The van der Waals surface area contributed by atoms with E-state index in [1.807, 2.05) is 75.8 Å². The van der Waals surface area contributed by atoms with Crippen LogP contribution in [0.3, 0.4) is 0 Å². The molecule has 0 saturated heterocycles. The third-order valence-corrected chi connectivity index (χ3v) is 5.38. The van der Waals surface area contributed by atoms with Crippen LogP contribution in [0.1, 0.15) is 0 Å². The van der Waals surface area contributed by atoms with E-state index in [0.29, 0.717) is 11.8 Å². The number of hydrogen-bond donors (Lipinski definition) is 0. The van der Waals surface area contributed by atoms with Gasteiger partial charge in [0.15, 0.2) is 5.65 Å². The molecular weight excluding hydrogens is 428 g/mol. The first-order valence-electron chi connectivity index (χ1n) is 9.89. The van der Waals surface area contributed by atoms with Gasteiger partial charge in [-0.05, 0) is 60.1 Å². The normalized spacial score (nSPS) is 11.5. The van der Waals surface area contributed by atoms with Crippen LogP contribution in [0.15, 0.2) is 79.3 Å². The lowest BCUT2D eigenvalue weighted by molar-refractivity contribution is -0.112. The lowest BCUT2D eigenvalue weighted by Gasteiger charge is -2.09. The highest BCUT2D eigenvalue weighted by molar-refractivity contribution is 6.63. The van der Waals surface area contributed by atoms with Crippen molar-refractivity contribution in [1.29, 1.82) is 0 Å². The molecule has 0 N–H and O–H groups in total. The van der Waals surface area contributed by atoms with Crippen molar-refractivity contribution < 1.29 is 9.53 Å². The van der Waals surface area contributed by atoms with Crippen molar-refractivity contribution in [2.24, 2.45) is 0 Å². The Morgan fingerprint density at radius 1 is 0.938 bits per heavy atom. The number of benzene rings is 2. The van der Waals surface area contributed by atoms with Crippen molar-refractivity contribution in [2.45, 2.75) is 6.54 Å². The number of carbonyl (C=O) groups is 1. The number of pyridine rings is 1. The molecular formula is C23H15ClN6O2. The number of ether oxygens (including phenoxy) is 1. The molecule has 9 heteroatoms. The van der Waals surface area contributed by atoms with Crippen molar-refractivity contribution in [1.82, 2.24) is 28.5 Å². The van der Waals surface area contributed by atoms with Crippen LogP contribution >= 0.6 is 11.6 Å². The van der Waals surface area contributed by atoms with Gasteiger partial charge in [0.1, 0.15) is 12.3 Å². The van der Waals surface area contributed by atoms with Gasteiger partial charge in [0.25, 0.3) is 0 Å². The van der Waals surface area contributed by atoms with E-state index >= 15 is 0 Å². The fraction of sp³-hybridized carbons (Fsp3) is 0.0435. The molecule has 4 heterocycles. The number of nitrogens with zero attached hydrogens (tertiary/aromatic N) is 6. The number of rotatable bonds is 5. The van der Waals surface area contributed by atoms with E-state index in [4.69, 9.17) is 16.3 Å². The maximum Gasteiger partial charge on any atom is 0.303 e. The molecule has 0 aliphatic carbocycles. The third-order valence-electron chi connectivity index (χ3n) is 5.26. The fourth-order valence-electron chi connectivity index (χ4n) is 3.91. The van der Waals surface area contributed by atoms with Crippen molar-refractivity contribution in [2.75, 3.05) is 0 Å². The Kier molecular flexibility index (Phi) is 4.19. The molecule has 0 spiro atoms. The molecule has 6 rings (SSSR count). The quantitative estimate of drug-likeness (QED) is 0.365. The Hall–Kier alpha value is -4.17. The van der Waals surface area contributed by atoms with Gasteiger partial charge in [-0.2, -0.15) is 4.98 Å². The number of carbonyl (C=O) groups excluding carboxylic acids is 1. The predicted octanol–water partition coefficient (Wildman–Crippen LogP) is 4.58. The van der Waals surface area contributed by atoms with Crippen molar-refractivity contribution in [3.63, 3.8) is 0 Å². The smallest absolute Gasteiger partial charge is 0.303 e. The van der Waals surface area contributed by atoms with E-state index in [9.17, 15) is 4.79 Å². The lowest BCUT2D eigenvalue weighted by Crippen LogP contribution is -2.06. The molecule has 0 aliphatic heterocycles. The fourth-order valence-corrected chi connectivity index (χ4v) is 4.03. The second-order valence-corrected chi connectivity index (χ2v) is 7.62. The Morgan fingerprint density at radius 3 is 2.59 bits per heavy atom. The summed E-state index contributed by atoms with van der Waals surface area (Å²) in [5.74, 6) is 1.35. The average molecular weight is 443 g/mol. The van der Waals surface area contributed by atoms with Gasteiger partial charge in [0.05, 0.1) is 22.2 Å². The maximum atomic E-state index is 11.6. The highest BCUT2D eigenvalue weighted by atomic mass is 35.5. The van der Waals surface area contributed by atoms with Gasteiger partial charge in [0, 0.05) is 18.6 Å². The van der Waals surface area contributed by atoms with E-state index in [2.05, 4.69) is 15.0 Å². The van der Waals surface area contributed by atoms with Gasteiger partial charge in [-0.15, -0.1) is 0 Å². The SMILES string of the molecule is O=C(Cl)Cn1c(Oc2ccc(-n3c4ncccc4n4ccnc34)cc2)nc2ccccc21. The van der Waals surface area contributed by atoms with Crippen LogP contribution in [0.2, 0.25) is 0 Å². The molecule has 0 aliphatic rings. The van der Waals surface area contributed by atoms with Crippen molar-refractivity contribution in [3.05, 3.63) is 79.3 Å². The summed E-state index contributed by atoms with van der Waals surface area (Å²) in [5.41, 5.74) is 4.18. The molecule has 0 fully saturated rings. The van der Waals surface area contributed by atoms with Crippen LogP contribution in [-0.4, -0.2) is 33.7 Å². The first kappa shape index (κ1) is 18.6. The van der Waals surface area contributed by atoms with E-state index in [-0.39, 0.29) is 6.54 Å². The monoisotopic (exact) mass is 442 g/mol. The number of halogens is 1. The summed E-state index contributed by atoms with van der Waals surface area (Å²) in [6, 6.07) is 19.3. The summed E-state index contributed by atoms with van der Waals surface area (Å²) in [5, 5.41) is -0.496.